The van der Waals surface area contributed by atoms with Crippen LogP contribution in [0.3, 0.4) is 0 Å². The van der Waals surface area contributed by atoms with Crippen LogP contribution >= 0.6 is 0 Å². The van der Waals surface area contributed by atoms with Crippen molar-refractivity contribution >= 4 is 45.8 Å². The van der Waals surface area contributed by atoms with Crippen LogP contribution in [-0.2, 0) is 22.4 Å². The summed E-state index contributed by atoms with van der Waals surface area (Å²) in [6, 6.07) is 11.9. The van der Waals surface area contributed by atoms with Gasteiger partial charge in [0.1, 0.15) is 12.1 Å². The van der Waals surface area contributed by atoms with Crippen molar-refractivity contribution in [1.29, 1.82) is 0 Å². The Morgan fingerprint density at radius 3 is 1.43 bits per heavy atom. The molecule has 4 rings (SSSR count). The van der Waals surface area contributed by atoms with Crippen LogP contribution < -0.4 is 21.3 Å². The lowest BCUT2D eigenvalue weighted by atomic mass is 10.1. The van der Waals surface area contributed by atoms with Gasteiger partial charge < -0.3 is 41.4 Å². The first-order valence-electron chi connectivity index (χ1n) is 14.0. The molecule has 4 aromatic rings. The Bertz CT molecular complexity index is 1410. The summed E-state index contributed by atoms with van der Waals surface area (Å²) >= 11 is 0. The Morgan fingerprint density at radius 1 is 0.619 bits per heavy atom. The van der Waals surface area contributed by atoms with Crippen LogP contribution in [0.5, 0.6) is 0 Å². The number of urea groups is 2. The van der Waals surface area contributed by atoms with Gasteiger partial charge in [0.05, 0.1) is 0 Å². The molecular formula is C30H36N6O6. The summed E-state index contributed by atoms with van der Waals surface area (Å²) < 4.78 is 0. The van der Waals surface area contributed by atoms with E-state index in [1.54, 1.807) is 12.4 Å². The molecule has 0 aliphatic carbocycles. The normalized spacial score (nSPS) is 12.5. The highest BCUT2D eigenvalue weighted by Crippen LogP contribution is 2.20. The number of hydrogen-bond donors (Lipinski definition) is 8. The van der Waals surface area contributed by atoms with Crippen LogP contribution in [0.4, 0.5) is 9.59 Å². The molecule has 0 aliphatic rings. The number of aliphatic carboxylic acids is 2. The Labute approximate surface area is 242 Å². The number of H-pyrrole nitrogens is 2. The Hall–Kier alpha value is -5.00. The summed E-state index contributed by atoms with van der Waals surface area (Å²) in [6.07, 6.45) is 6.78. The molecule has 2 unspecified atom stereocenters. The number of aromatic nitrogens is 2. The van der Waals surface area contributed by atoms with Crippen molar-refractivity contribution in [1.82, 2.24) is 31.2 Å². The monoisotopic (exact) mass is 576 g/mol. The van der Waals surface area contributed by atoms with Gasteiger partial charge in [-0.25, -0.2) is 19.2 Å². The van der Waals surface area contributed by atoms with Crippen LogP contribution in [0.2, 0.25) is 0 Å². The van der Waals surface area contributed by atoms with E-state index >= 15 is 0 Å². The molecule has 0 aliphatic heterocycles. The molecule has 12 nitrogen and oxygen atoms in total. The Morgan fingerprint density at radius 2 is 1.02 bits per heavy atom. The van der Waals surface area contributed by atoms with E-state index in [0.29, 0.717) is 25.9 Å². The molecule has 0 fully saturated rings. The third kappa shape index (κ3) is 8.26. The van der Waals surface area contributed by atoms with Crippen LogP contribution in [0.1, 0.15) is 36.8 Å². The van der Waals surface area contributed by atoms with Gasteiger partial charge in [0.2, 0.25) is 0 Å². The minimum absolute atomic E-state index is 0.156. The number of aromatic amines is 2. The van der Waals surface area contributed by atoms with Crippen LogP contribution in [0, 0.1) is 0 Å². The van der Waals surface area contributed by atoms with Gasteiger partial charge >= 0.3 is 24.0 Å². The number of amides is 4. The van der Waals surface area contributed by atoms with Crippen molar-refractivity contribution in [3.63, 3.8) is 0 Å². The van der Waals surface area contributed by atoms with Crippen LogP contribution in [-0.4, -0.2) is 69.4 Å². The topological polar surface area (TPSA) is 188 Å². The van der Waals surface area contributed by atoms with E-state index in [2.05, 4.69) is 31.2 Å². The number of carboxylic acid groups (broad SMARTS) is 2. The fourth-order valence-electron chi connectivity index (χ4n) is 4.87. The molecule has 222 valence electrons. The zero-order valence-electron chi connectivity index (χ0n) is 23.1. The van der Waals surface area contributed by atoms with E-state index in [9.17, 15) is 29.4 Å². The lowest BCUT2D eigenvalue weighted by molar-refractivity contribution is -0.140. The highest BCUT2D eigenvalue weighted by atomic mass is 16.4. The van der Waals surface area contributed by atoms with E-state index in [1.807, 2.05) is 48.5 Å². The van der Waals surface area contributed by atoms with Crippen LogP contribution in [0.15, 0.2) is 60.9 Å². The number of unbranched alkanes of at least 4 members (excludes halogenated alkanes) is 3. The molecule has 2 atom stereocenters. The summed E-state index contributed by atoms with van der Waals surface area (Å²) in [5.74, 6) is -2.22. The average Bonchev–Trinajstić information content (AvgIpc) is 3.57. The van der Waals surface area contributed by atoms with Gasteiger partial charge in [-0.05, 0) is 36.1 Å². The SMILES string of the molecule is O=C(NCCCCCCNC(=O)NC(Cc1c[nH]c2ccccc12)C(=O)O)NC(Cc1c[nH]c2ccccc12)C(=O)O. The third-order valence-corrected chi connectivity index (χ3v) is 7.08. The maximum absolute atomic E-state index is 12.3. The number of fused-ring (bicyclic) bond motifs is 2. The van der Waals surface area contributed by atoms with Gasteiger partial charge in [-0.15, -0.1) is 0 Å². The fourth-order valence-corrected chi connectivity index (χ4v) is 4.87. The number of hydrogen-bond acceptors (Lipinski definition) is 4. The number of benzene rings is 2. The highest BCUT2D eigenvalue weighted by Gasteiger charge is 2.23. The molecule has 4 amide bonds. The zero-order chi connectivity index (χ0) is 29.9. The molecule has 0 bridgehead atoms. The summed E-state index contributed by atoms with van der Waals surface area (Å²) in [5, 5.41) is 31.4. The molecule has 0 radical (unpaired) electrons. The van der Waals surface area contributed by atoms with Gasteiger partial charge in [0.25, 0.3) is 0 Å². The molecule has 2 aromatic heterocycles. The zero-order valence-corrected chi connectivity index (χ0v) is 23.1. The summed E-state index contributed by atoms with van der Waals surface area (Å²) in [4.78, 5) is 54.2. The fraction of sp³-hybridized carbons (Fsp3) is 0.333. The first kappa shape index (κ1) is 30.0. The summed E-state index contributed by atoms with van der Waals surface area (Å²) in [5.41, 5.74) is 3.44. The first-order valence-corrected chi connectivity index (χ1v) is 14.0. The van der Waals surface area contributed by atoms with E-state index < -0.39 is 36.1 Å². The predicted octanol–water partition coefficient (Wildman–Crippen LogP) is 3.50. The summed E-state index contributed by atoms with van der Waals surface area (Å²) in [6.45, 7) is 0.764. The van der Waals surface area contributed by atoms with Gasteiger partial charge in [0.15, 0.2) is 0 Å². The molecule has 8 N–H and O–H groups in total. The van der Waals surface area contributed by atoms with Crippen molar-refractivity contribution in [2.75, 3.05) is 13.1 Å². The molecule has 0 spiro atoms. The smallest absolute Gasteiger partial charge is 0.326 e. The third-order valence-electron chi connectivity index (χ3n) is 7.08. The molecule has 0 saturated carbocycles. The number of para-hydroxylation sites is 2. The molecule has 42 heavy (non-hydrogen) atoms. The summed E-state index contributed by atoms with van der Waals surface area (Å²) in [7, 11) is 0. The lowest BCUT2D eigenvalue weighted by Gasteiger charge is -2.15. The molecule has 0 saturated heterocycles. The largest absolute Gasteiger partial charge is 0.480 e. The number of rotatable bonds is 15. The number of carboxylic acids is 2. The minimum Gasteiger partial charge on any atom is -0.480 e. The predicted molar refractivity (Wildman–Crippen MR) is 158 cm³/mol. The van der Waals surface area contributed by atoms with Gasteiger partial charge in [-0.2, -0.15) is 0 Å². The minimum atomic E-state index is -1.11. The van der Waals surface area contributed by atoms with Gasteiger partial charge in [-0.1, -0.05) is 49.2 Å². The van der Waals surface area contributed by atoms with Crippen molar-refractivity contribution in [2.45, 2.75) is 50.6 Å². The molecular weight excluding hydrogens is 540 g/mol. The van der Waals surface area contributed by atoms with Gasteiger partial charge in [-0.3, -0.25) is 0 Å². The van der Waals surface area contributed by atoms with Gasteiger partial charge in [0, 0.05) is 60.1 Å². The van der Waals surface area contributed by atoms with E-state index in [-0.39, 0.29) is 12.8 Å². The van der Waals surface area contributed by atoms with Crippen molar-refractivity contribution in [3.8, 4) is 0 Å². The Kier molecular flexibility index (Phi) is 10.4. The first-order chi connectivity index (χ1) is 20.3. The average molecular weight is 577 g/mol. The van der Waals surface area contributed by atoms with E-state index in [1.165, 1.54) is 0 Å². The quantitative estimate of drug-likeness (QED) is 0.1000. The molecule has 2 aromatic carbocycles. The molecule has 12 heteroatoms. The number of carbonyl (C=O) groups is 4. The maximum atomic E-state index is 12.3. The molecule has 2 heterocycles. The Balaban J connectivity index is 1.08. The lowest BCUT2D eigenvalue weighted by Crippen LogP contribution is -2.47. The van der Waals surface area contributed by atoms with Crippen molar-refractivity contribution in [2.24, 2.45) is 0 Å². The second-order valence-corrected chi connectivity index (χ2v) is 10.1. The number of nitrogens with one attached hydrogen (secondary N) is 6. The van der Waals surface area contributed by atoms with Crippen molar-refractivity contribution in [3.05, 3.63) is 72.1 Å². The van der Waals surface area contributed by atoms with Crippen LogP contribution in [0.25, 0.3) is 21.8 Å². The van der Waals surface area contributed by atoms with E-state index in [0.717, 1.165) is 45.8 Å². The van der Waals surface area contributed by atoms with E-state index in [4.69, 9.17) is 0 Å². The second kappa shape index (κ2) is 14.6. The standard InChI is InChI=1S/C30H36N6O6/c37-27(38)25(15-19-17-33-23-11-5-3-9-21(19)23)35-29(41)31-13-7-1-2-8-14-32-30(42)36-26(28(39)40)16-20-18-34-24-12-6-4-10-22(20)24/h3-6,9-12,17-18,25-26,33-34H,1-2,7-8,13-16H2,(H,37,38)(H,39,40)(H2,31,35,41)(H2,32,36,42). The maximum Gasteiger partial charge on any atom is 0.326 e. The second-order valence-electron chi connectivity index (χ2n) is 10.1. The number of carbonyl (C=O) groups excluding carboxylic acids is 2. The highest BCUT2D eigenvalue weighted by molar-refractivity contribution is 5.87. The van der Waals surface area contributed by atoms with Crippen molar-refractivity contribution < 1.29 is 29.4 Å².